The maximum atomic E-state index is 12.2. The van der Waals surface area contributed by atoms with Crippen LogP contribution < -0.4 is 5.73 Å². The molecule has 0 unspecified atom stereocenters. The summed E-state index contributed by atoms with van der Waals surface area (Å²) in [5, 5.41) is -0.148. The van der Waals surface area contributed by atoms with Gasteiger partial charge in [-0.1, -0.05) is 11.6 Å². The zero-order valence-electron chi connectivity index (χ0n) is 6.40. The number of halogens is 4. The van der Waals surface area contributed by atoms with Crippen LogP contribution >= 0.6 is 23.2 Å². The number of hydrogen-bond donors (Lipinski definition) is 1. The number of rotatable bonds is 2. The van der Waals surface area contributed by atoms with Gasteiger partial charge < -0.3 is 5.73 Å². The van der Waals surface area contributed by atoms with Gasteiger partial charge in [0.2, 0.25) is 0 Å². The summed E-state index contributed by atoms with van der Waals surface area (Å²) in [6.45, 7) is 0. The normalized spacial score (nSPS) is 10.8. The van der Waals surface area contributed by atoms with Crippen molar-refractivity contribution >= 4 is 28.9 Å². The molecule has 6 heteroatoms. The van der Waals surface area contributed by atoms with E-state index in [9.17, 15) is 8.78 Å². The SMILES string of the molecule is Nc1cnc(C(F)F)c(Cl)c1CCl. The minimum absolute atomic E-state index is 0.00704. The standard InChI is InChI=1S/C7H6Cl2F2N2/c8-1-3-4(12)2-13-6(5(3)9)7(10)11/h2,7H,1,12H2. The first-order valence-corrected chi connectivity index (χ1v) is 4.26. The molecule has 72 valence electrons. The molecule has 1 rings (SSSR count). The molecular weight excluding hydrogens is 221 g/mol. The average Bonchev–Trinajstić information content (AvgIpc) is 2.04. The Morgan fingerprint density at radius 3 is 2.62 bits per heavy atom. The number of nitrogen functional groups attached to an aromatic ring is 1. The van der Waals surface area contributed by atoms with Crippen molar-refractivity contribution in [2.24, 2.45) is 0 Å². The fraction of sp³-hybridized carbons (Fsp3) is 0.286. The Morgan fingerprint density at radius 1 is 1.54 bits per heavy atom. The van der Waals surface area contributed by atoms with Crippen molar-refractivity contribution in [3.63, 3.8) is 0 Å². The molecule has 0 aliphatic rings. The minimum Gasteiger partial charge on any atom is -0.397 e. The number of nitrogens with zero attached hydrogens (tertiary/aromatic N) is 1. The van der Waals surface area contributed by atoms with Gasteiger partial charge in [0.1, 0.15) is 5.69 Å². The molecule has 0 aliphatic carbocycles. The van der Waals surface area contributed by atoms with E-state index in [4.69, 9.17) is 28.9 Å². The molecule has 1 aromatic heterocycles. The molecule has 0 atom stereocenters. The molecule has 0 saturated heterocycles. The Balaban J connectivity index is 3.27. The maximum Gasteiger partial charge on any atom is 0.281 e. The van der Waals surface area contributed by atoms with Gasteiger partial charge in [0.05, 0.1) is 22.8 Å². The quantitative estimate of drug-likeness (QED) is 0.788. The van der Waals surface area contributed by atoms with Crippen LogP contribution in [-0.2, 0) is 5.88 Å². The molecule has 0 saturated carbocycles. The van der Waals surface area contributed by atoms with Gasteiger partial charge in [-0.15, -0.1) is 11.6 Å². The molecule has 0 bridgehead atoms. The highest BCUT2D eigenvalue weighted by Gasteiger charge is 2.17. The van der Waals surface area contributed by atoms with Crippen LogP contribution in [0, 0.1) is 0 Å². The molecule has 2 N–H and O–H groups in total. The van der Waals surface area contributed by atoms with E-state index in [0.29, 0.717) is 5.56 Å². The lowest BCUT2D eigenvalue weighted by atomic mass is 10.2. The van der Waals surface area contributed by atoms with Gasteiger partial charge in [0.15, 0.2) is 0 Å². The van der Waals surface area contributed by atoms with Crippen LogP contribution in [0.4, 0.5) is 14.5 Å². The van der Waals surface area contributed by atoms with Gasteiger partial charge in [-0.05, 0) is 0 Å². The van der Waals surface area contributed by atoms with Gasteiger partial charge >= 0.3 is 0 Å². The lowest BCUT2D eigenvalue weighted by Gasteiger charge is -2.08. The average molecular weight is 227 g/mol. The Bertz CT molecular complexity index is 318. The second-order valence-electron chi connectivity index (χ2n) is 2.33. The highest BCUT2D eigenvalue weighted by Crippen LogP contribution is 2.31. The van der Waals surface area contributed by atoms with E-state index in [1.807, 2.05) is 0 Å². The van der Waals surface area contributed by atoms with Gasteiger partial charge in [-0.2, -0.15) is 0 Å². The van der Waals surface area contributed by atoms with Crippen molar-refractivity contribution < 1.29 is 8.78 Å². The lowest BCUT2D eigenvalue weighted by molar-refractivity contribution is 0.146. The molecule has 0 radical (unpaired) electrons. The van der Waals surface area contributed by atoms with Crippen molar-refractivity contribution in [2.45, 2.75) is 12.3 Å². The summed E-state index contributed by atoms with van der Waals surface area (Å²) in [4.78, 5) is 3.42. The number of nitrogens with two attached hydrogens (primary N) is 1. The van der Waals surface area contributed by atoms with E-state index < -0.39 is 12.1 Å². The first kappa shape index (κ1) is 10.5. The first-order chi connectivity index (χ1) is 6.07. The summed E-state index contributed by atoms with van der Waals surface area (Å²) >= 11 is 11.1. The Labute approximate surface area is 83.7 Å². The van der Waals surface area contributed by atoms with E-state index in [2.05, 4.69) is 4.98 Å². The summed E-state index contributed by atoms with van der Waals surface area (Å²) in [6, 6.07) is 0. The van der Waals surface area contributed by atoms with Crippen molar-refractivity contribution in [3.05, 3.63) is 22.5 Å². The second kappa shape index (κ2) is 4.07. The van der Waals surface area contributed by atoms with Crippen molar-refractivity contribution in [1.29, 1.82) is 0 Å². The summed E-state index contributed by atoms with van der Waals surface area (Å²) < 4.78 is 24.5. The molecule has 13 heavy (non-hydrogen) atoms. The van der Waals surface area contributed by atoms with Gasteiger partial charge in [0.25, 0.3) is 6.43 Å². The third-order valence-corrected chi connectivity index (χ3v) is 2.21. The monoisotopic (exact) mass is 226 g/mol. The minimum atomic E-state index is -2.71. The van der Waals surface area contributed by atoms with E-state index in [1.54, 1.807) is 0 Å². The maximum absolute atomic E-state index is 12.2. The van der Waals surface area contributed by atoms with Crippen molar-refractivity contribution in [2.75, 3.05) is 5.73 Å². The highest BCUT2D eigenvalue weighted by atomic mass is 35.5. The molecule has 0 amide bonds. The van der Waals surface area contributed by atoms with Crippen LogP contribution in [0.3, 0.4) is 0 Å². The predicted molar refractivity (Wildman–Crippen MR) is 48.2 cm³/mol. The molecule has 1 aromatic rings. The molecule has 1 heterocycles. The molecule has 2 nitrogen and oxygen atoms in total. The fourth-order valence-electron chi connectivity index (χ4n) is 0.843. The topological polar surface area (TPSA) is 38.9 Å². The van der Waals surface area contributed by atoms with E-state index in [-0.39, 0.29) is 16.6 Å². The number of pyridine rings is 1. The Hall–Kier alpha value is -0.610. The van der Waals surface area contributed by atoms with Gasteiger partial charge in [-0.3, -0.25) is 4.98 Å². The summed E-state index contributed by atoms with van der Waals surface area (Å²) in [7, 11) is 0. The smallest absolute Gasteiger partial charge is 0.281 e. The fourth-order valence-corrected chi connectivity index (χ4v) is 1.51. The van der Waals surface area contributed by atoms with Gasteiger partial charge in [-0.25, -0.2) is 8.78 Å². The van der Waals surface area contributed by atoms with Crippen LogP contribution in [0.2, 0.25) is 5.02 Å². The predicted octanol–water partition coefficient (Wildman–Crippen LogP) is 2.99. The van der Waals surface area contributed by atoms with Crippen LogP contribution in [0.25, 0.3) is 0 Å². The Kier molecular flexibility index (Phi) is 3.27. The third-order valence-electron chi connectivity index (χ3n) is 1.52. The molecule has 0 aliphatic heterocycles. The number of alkyl halides is 3. The van der Waals surface area contributed by atoms with Gasteiger partial charge in [0, 0.05) is 5.56 Å². The zero-order chi connectivity index (χ0) is 10.0. The molecule has 0 fully saturated rings. The third kappa shape index (κ3) is 2.00. The van der Waals surface area contributed by atoms with Crippen LogP contribution in [0.1, 0.15) is 17.7 Å². The van der Waals surface area contributed by atoms with Crippen LogP contribution in [0.5, 0.6) is 0 Å². The Morgan fingerprint density at radius 2 is 2.15 bits per heavy atom. The van der Waals surface area contributed by atoms with Crippen molar-refractivity contribution in [3.8, 4) is 0 Å². The van der Waals surface area contributed by atoms with E-state index in [1.165, 1.54) is 0 Å². The molecule has 0 spiro atoms. The van der Waals surface area contributed by atoms with Crippen LogP contribution in [-0.4, -0.2) is 4.98 Å². The van der Waals surface area contributed by atoms with Crippen molar-refractivity contribution in [1.82, 2.24) is 4.98 Å². The summed E-state index contributed by atoms with van der Waals surface area (Å²) in [5.41, 5.74) is 5.47. The largest absolute Gasteiger partial charge is 0.397 e. The van der Waals surface area contributed by atoms with E-state index in [0.717, 1.165) is 6.20 Å². The molecule has 0 aromatic carbocycles. The van der Waals surface area contributed by atoms with Crippen LogP contribution in [0.15, 0.2) is 6.20 Å². The molecular formula is C7H6Cl2F2N2. The number of aromatic nitrogens is 1. The number of anilines is 1. The van der Waals surface area contributed by atoms with E-state index >= 15 is 0 Å². The first-order valence-electron chi connectivity index (χ1n) is 3.34. The second-order valence-corrected chi connectivity index (χ2v) is 2.97. The zero-order valence-corrected chi connectivity index (χ0v) is 7.91. The highest BCUT2D eigenvalue weighted by molar-refractivity contribution is 6.33. The summed E-state index contributed by atoms with van der Waals surface area (Å²) in [5.74, 6) is -0.00704. The lowest BCUT2D eigenvalue weighted by Crippen LogP contribution is -2.00. The number of hydrogen-bond acceptors (Lipinski definition) is 2. The summed E-state index contributed by atoms with van der Waals surface area (Å²) in [6.07, 6.45) is -1.58.